The van der Waals surface area contributed by atoms with Crippen molar-refractivity contribution in [3.05, 3.63) is 34.1 Å². The Balaban J connectivity index is 1.59. The molecule has 1 fully saturated rings. The van der Waals surface area contributed by atoms with Gasteiger partial charge in [-0.05, 0) is 25.3 Å². The average molecular weight is 306 g/mol. The molecule has 0 radical (unpaired) electrons. The van der Waals surface area contributed by atoms with E-state index in [0.29, 0.717) is 11.7 Å². The van der Waals surface area contributed by atoms with Crippen LogP contribution < -0.4 is 0 Å². The van der Waals surface area contributed by atoms with Gasteiger partial charge in [-0.15, -0.1) is 0 Å². The summed E-state index contributed by atoms with van der Waals surface area (Å²) in [5.41, 5.74) is 0.786. The summed E-state index contributed by atoms with van der Waals surface area (Å²) >= 11 is 1.55. The molecule has 3 rings (SSSR count). The van der Waals surface area contributed by atoms with Crippen LogP contribution in [0, 0.1) is 6.92 Å². The van der Waals surface area contributed by atoms with Crippen LogP contribution in [0.3, 0.4) is 0 Å². The fourth-order valence-corrected chi connectivity index (χ4v) is 3.15. The maximum atomic E-state index is 12.3. The van der Waals surface area contributed by atoms with Crippen molar-refractivity contribution in [3.8, 4) is 0 Å². The van der Waals surface area contributed by atoms with Crippen LogP contribution in [0.25, 0.3) is 0 Å². The van der Waals surface area contributed by atoms with Crippen molar-refractivity contribution in [2.75, 3.05) is 26.2 Å². The fraction of sp³-hybridized carbons (Fsp3) is 0.500. The Morgan fingerprint density at radius 2 is 2.14 bits per heavy atom. The second-order valence-electron chi connectivity index (χ2n) is 5.20. The first-order valence-electron chi connectivity index (χ1n) is 7.01. The van der Waals surface area contributed by atoms with Gasteiger partial charge in [-0.1, -0.05) is 5.16 Å². The standard InChI is InChI=1S/C14H18N4O2S/c1-10(13-15-11(2)16-20-13)17-4-6-18(7-5-17)14(19)12-3-8-21-9-12/h3,8-10H,4-7H2,1-2H3/t10-/m0/s1. The zero-order chi connectivity index (χ0) is 14.8. The fourth-order valence-electron chi connectivity index (χ4n) is 2.52. The molecule has 0 spiro atoms. The Morgan fingerprint density at radius 1 is 1.38 bits per heavy atom. The summed E-state index contributed by atoms with van der Waals surface area (Å²) in [7, 11) is 0. The van der Waals surface area contributed by atoms with E-state index in [0.717, 1.165) is 31.7 Å². The van der Waals surface area contributed by atoms with Crippen LogP contribution >= 0.6 is 11.3 Å². The maximum Gasteiger partial charge on any atom is 0.254 e. The molecule has 7 heteroatoms. The molecule has 2 aromatic rings. The molecule has 2 aromatic heterocycles. The van der Waals surface area contributed by atoms with Crippen LogP contribution in [0.5, 0.6) is 0 Å². The number of thiophene rings is 1. The van der Waals surface area contributed by atoms with Crippen LogP contribution in [-0.4, -0.2) is 52.0 Å². The first kappa shape index (κ1) is 14.2. The molecule has 1 saturated heterocycles. The Morgan fingerprint density at radius 3 is 2.71 bits per heavy atom. The van der Waals surface area contributed by atoms with Crippen LogP contribution in [0.1, 0.15) is 35.0 Å². The molecule has 1 aliphatic heterocycles. The molecule has 6 nitrogen and oxygen atoms in total. The molecule has 0 aliphatic carbocycles. The van der Waals surface area contributed by atoms with Gasteiger partial charge in [0.1, 0.15) is 0 Å². The third-order valence-corrected chi connectivity index (χ3v) is 4.50. The van der Waals surface area contributed by atoms with Crippen molar-refractivity contribution in [1.29, 1.82) is 0 Å². The van der Waals surface area contributed by atoms with Crippen LogP contribution in [0.15, 0.2) is 21.3 Å². The minimum Gasteiger partial charge on any atom is -0.338 e. The van der Waals surface area contributed by atoms with E-state index >= 15 is 0 Å². The number of amides is 1. The molecule has 0 saturated carbocycles. The number of piperazine rings is 1. The van der Waals surface area contributed by atoms with Crippen molar-refractivity contribution in [2.24, 2.45) is 0 Å². The molecule has 0 bridgehead atoms. The number of carbonyl (C=O) groups is 1. The number of hydrogen-bond donors (Lipinski definition) is 0. The zero-order valence-corrected chi connectivity index (χ0v) is 13.0. The second kappa shape index (κ2) is 5.95. The largest absolute Gasteiger partial charge is 0.338 e. The van der Waals surface area contributed by atoms with Gasteiger partial charge in [0.15, 0.2) is 5.82 Å². The molecule has 0 unspecified atom stereocenters. The number of nitrogens with zero attached hydrogens (tertiary/aromatic N) is 4. The zero-order valence-electron chi connectivity index (χ0n) is 12.2. The average Bonchev–Trinajstić information content (AvgIpc) is 3.17. The summed E-state index contributed by atoms with van der Waals surface area (Å²) in [6, 6.07) is 1.97. The number of aromatic nitrogens is 2. The molecular formula is C14H18N4O2S. The van der Waals surface area contributed by atoms with E-state index in [1.807, 2.05) is 28.7 Å². The summed E-state index contributed by atoms with van der Waals surface area (Å²) in [5, 5.41) is 7.67. The summed E-state index contributed by atoms with van der Waals surface area (Å²) in [6.45, 7) is 6.97. The van der Waals surface area contributed by atoms with Crippen LogP contribution in [0.2, 0.25) is 0 Å². The van der Waals surface area contributed by atoms with Crippen molar-refractivity contribution in [3.63, 3.8) is 0 Å². The Bertz CT molecular complexity index is 602. The minimum absolute atomic E-state index is 0.0876. The van der Waals surface area contributed by atoms with Gasteiger partial charge in [-0.2, -0.15) is 16.3 Å². The molecule has 0 aromatic carbocycles. The predicted octanol–water partition coefficient (Wildman–Crippen LogP) is 1.96. The summed E-state index contributed by atoms with van der Waals surface area (Å²) in [4.78, 5) is 20.7. The monoisotopic (exact) mass is 306 g/mol. The highest BCUT2D eigenvalue weighted by Crippen LogP contribution is 2.21. The molecule has 3 heterocycles. The summed E-state index contributed by atoms with van der Waals surface area (Å²) < 4.78 is 5.23. The summed E-state index contributed by atoms with van der Waals surface area (Å²) in [6.07, 6.45) is 0. The molecule has 1 atom stereocenters. The lowest BCUT2D eigenvalue weighted by atomic mass is 10.2. The first-order valence-corrected chi connectivity index (χ1v) is 7.95. The van der Waals surface area contributed by atoms with Gasteiger partial charge >= 0.3 is 0 Å². The quantitative estimate of drug-likeness (QED) is 0.867. The van der Waals surface area contributed by atoms with E-state index in [2.05, 4.69) is 22.0 Å². The maximum absolute atomic E-state index is 12.3. The highest BCUT2D eigenvalue weighted by atomic mass is 32.1. The molecule has 1 amide bonds. The van der Waals surface area contributed by atoms with Gasteiger partial charge < -0.3 is 9.42 Å². The molecule has 112 valence electrons. The van der Waals surface area contributed by atoms with Gasteiger partial charge in [0.05, 0.1) is 11.6 Å². The van der Waals surface area contributed by atoms with E-state index in [9.17, 15) is 4.79 Å². The van der Waals surface area contributed by atoms with E-state index in [-0.39, 0.29) is 11.9 Å². The van der Waals surface area contributed by atoms with Crippen molar-refractivity contribution < 1.29 is 9.32 Å². The van der Waals surface area contributed by atoms with E-state index in [1.54, 1.807) is 11.3 Å². The Labute approximate surface area is 127 Å². The first-order chi connectivity index (χ1) is 10.1. The third kappa shape index (κ3) is 2.98. The minimum atomic E-state index is 0.0876. The highest BCUT2D eigenvalue weighted by Gasteiger charge is 2.27. The van der Waals surface area contributed by atoms with Crippen molar-refractivity contribution in [1.82, 2.24) is 19.9 Å². The smallest absolute Gasteiger partial charge is 0.254 e. The molecule has 1 aliphatic rings. The van der Waals surface area contributed by atoms with E-state index in [4.69, 9.17) is 4.52 Å². The highest BCUT2D eigenvalue weighted by molar-refractivity contribution is 7.08. The van der Waals surface area contributed by atoms with Gasteiger partial charge in [-0.3, -0.25) is 9.69 Å². The van der Waals surface area contributed by atoms with Gasteiger partial charge in [0.25, 0.3) is 5.91 Å². The van der Waals surface area contributed by atoms with Gasteiger partial charge in [0, 0.05) is 31.6 Å². The third-order valence-electron chi connectivity index (χ3n) is 3.82. The molecular weight excluding hydrogens is 288 g/mol. The Hall–Kier alpha value is -1.73. The normalized spacial score (nSPS) is 17.9. The van der Waals surface area contributed by atoms with E-state index in [1.165, 1.54) is 0 Å². The topological polar surface area (TPSA) is 62.5 Å². The number of carbonyl (C=O) groups excluding carboxylic acids is 1. The molecule has 0 N–H and O–H groups in total. The van der Waals surface area contributed by atoms with Crippen LogP contribution in [0.4, 0.5) is 0 Å². The molecule has 21 heavy (non-hydrogen) atoms. The predicted molar refractivity (Wildman–Crippen MR) is 79.2 cm³/mol. The SMILES string of the molecule is Cc1noc([C@H](C)N2CCN(C(=O)c3ccsc3)CC2)n1. The van der Waals surface area contributed by atoms with Crippen molar-refractivity contribution >= 4 is 17.2 Å². The Kier molecular flexibility index (Phi) is 4.03. The summed E-state index contributed by atoms with van der Waals surface area (Å²) in [5.74, 6) is 1.42. The lowest BCUT2D eigenvalue weighted by Gasteiger charge is -2.36. The lowest BCUT2D eigenvalue weighted by molar-refractivity contribution is 0.0552. The number of rotatable bonds is 3. The number of hydrogen-bond acceptors (Lipinski definition) is 6. The second-order valence-corrected chi connectivity index (χ2v) is 5.98. The van der Waals surface area contributed by atoms with Crippen molar-refractivity contribution in [2.45, 2.75) is 19.9 Å². The lowest BCUT2D eigenvalue weighted by Crippen LogP contribution is -2.49. The van der Waals surface area contributed by atoms with Crippen LogP contribution in [-0.2, 0) is 0 Å². The van der Waals surface area contributed by atoms with Gasteiger partial charge in [0.2, 0.25) is 5.89 Å². The van der Waals surface area contributed by atoms with E-state index < -0.39 is 0 Å². The number of aryl methyl sites for hydroxylation is 1. The van der Waals surface area contributed by atoms with Gasteiger partial charge in [-0.25, -0.2) is 0 Å².